The Labute approximate surface area is 73.3 Å². The Balaban J connectivity index is 3.37. The van der Waals surface area contributed by atoms with E-state index in [-0.39, 0.29) is 6.42 Å². The summed E-state index contributed by atoms with van der Waals surface area (Å²) in [5.74, 6) is -0.452. The molecule has 0 radical (unpaired) electrons. The lowest BCUT2D eigenvalue weighted by molar-refractivity contribution is -0.144. The van der Waals surface area contributed by atoms with Gasteiger partial charge in [-0.1, -0.05) is 22.6 Å². The van der Waals surface area contributed by atoms with Crippen LogP contribution in [0.3, 0.4) is 0 Å². The molecule has 0 aliphatic carbocycles. The first-order valence-corrected chi connectivity index (χ1v) is 4.59. The molecule has 0 saturated carbocycles. The molecule has 0 saturated heterocycles. The maximum absolute atomic E-state index is 12.4. The average Bonchev–Trinajstić information content (AvgIpc) is 1.88. The molecular weight excluding hydrogens is 250 g/mol. The maximum Gasteiger partial charge on any atom is 0.308 e. The van der Waals surface area contributed by atoms with Gasteiger partial charge >= 0.3 is 5.97 Å². The van der Waals surface area contributed by atoms with E-state index in [1.165, 1.54) is 0 Å². The van der Waals surface area contributed by atoms with Crippen LogP contribution in [0.25, 0.3) is 0 Å². The van der Waals surface area contributed by atoms with Crippen molar-refractivity contribution in [1.29, 1.82) is 0 Å². The second kappa shape index (κ2) is 5.88. The number of alkyl halides is 2. The lowest BCUT2D eigenvalue weighted by Crippen LogP contribution is -2.12. The van der Waals surface area contributed by atoms with Crippen molar-refractivity contribution < 1.29 is 13.9 Å². The van der Waals surface area contributed by atoms with Crippen molar-refractivity contribution >= 4 is 28.6 Å². The molecule has 0 amide bonds. The quantitative estimate of drug-likeness (QED) is 0.437. The summed E-state index contributed by atoms with van der Waals surface area (Å²) in [6.07, 6.45) is -1.17. The number of esters is 1. The van der Waals surface area contributed by atoms with Gasteiger partial charge in [-0.2, -0.15) is 0 Å². The first kappa shape index (κ1) is 10.1. The van der Waals surface area contributed by atoms with E-state index in [4.69, 9.17) is 0 Å². The van der Waals surface area contributed by atoms with Crippen molar-refractivity contribution in [3.63, 3.8) is 0 Å². The largest absolute Gasteiger partial charge is 0.466 e. The van der Waals surface area contributed by atoms with Crippen LogP contribution in [-0.2, 0) is 9.53 Å². The molecule has 0 heterocycles. The zero-order valence-corrected chi connectivity index (χ0v) is 7.93. The monoisotopic (exact) mass is 260 g/mol. The van der Waals surface area contributed by atoms with Gasteiger partial charge < -0.3 is 4.74 Å². The number of carbonyl (C=O) groups excluding carboxylic acids is 1. The van der Waals surface area contributed by atoms with Crippen LogP contribution in [0, 0.1) is 0 Å². The summed E-state index contributed by atoms with van der Waals surface area (Å²) in [7, 11) is 0. The summed E-state index contributed by atoms with van der Waals surface area (Å²) < 4.78 is 17.3. The predicted molar refractivity (Wildman–Crippen MR) is 45.0 cm³/mol. The highest BCUT2D eigenvalue weighted by Crippen LogP contribution is 2.03. The van der Waals surface area contributed by atoms with E-state index in [9.17, 15) is 9.18 Å². The summed E-state index contributed by atoms with van der Waals surface area (Å²) in [5, 5.41) is 0. The fraction of sp³-hybridized carbons (Fsp3) is 0.833. The highest BCUT2D eigenvalue weighted by atomic mass is 127. The molecule has 0 aromatic carbocycles. The number of halogens is 2. The Morgan fingerprint density at radius 2 is 2.40 bits per heavy atom. The van der Waals surface area contributed by atoms with Gasteiger partial charge in [-0.25, -0.2) is 4.39 Å². The normalized spacial score (nSPS) is 12.7. The molecule has 0 aromatic heterocycles. The minimum atomic E-state index is -1.06. The first-order valence-electron chi connectivity index (χ1n) is 3.06. The SMILES string of the molecule is CCOC(=O)CC(F)CI. The summed E-state index contributed by atoms with van der Waals surface area (Å²) in [4.78, 5) is 10.5. The van der Waals surface area contributed by atoms with Crippen LogP contribution >= 0.6 is 22.6 Å². The van der Waals surface area contributed by atoms with Crippen molar-refractivity contribution in [3.05, 3.63) is 0 Å². The Hall–Kier alpha value is 0.130. The molecule has 0 aliphatic rings. The molecule has 60 valence electrons. The molecular formula is C6H10FIO2. The number of ether oxygens (including phenoxy) is 1. The van der Waals surface area contributed by atoms with Gasteiger partial charge in [-0.05, 0) is 6.92 Å². The van der Waals surface area contributed by atoms with Gasteiger partial charge in [0.1, 0.15) is 6.17 Å². The number of carbonyl (C=O) groups is 1. The molecule has 0 rings (SSSR count). The smallest absolute Gasteiger partial charge is 0.308 e. The third-order valence-corrected chi connectivity index (χ3v) is 1.82. The van der Waals surface area contributed by atoms with Crippen LogP contribution in [0.5, 0.6) is 0 Å². The molecule has 10 heavy (non-hydrogen) atoms. The lowest BCUT2D eigenvalue weighted by atomic mass is 10.3. The predicted octanol–water partition coefficient (Wildman–Crippen LogP) is 1.71. The molecule has 2 nitrogen and oxygen atoms in total. The van der Waals surface area contributed by atoms with E-state index in [1.54, 1.807) is 6.92 Å². The summed E-state index contributed by atoms with van der Waals surface area (Å²) in [6, 6.07) is 0. The molecule has 0 spiro atoms. The third kappa shape index (κ3) is 4.96. The second-order valence-electron chi connectivity index (χ2n) is 1.76. The fourth-order valence-electron chi connectivity index (χ4n) is 0.455. The van der Waals surface area contributed by atoms with Crippen molar-refractivity contribution in [3.8, 4) is 0 Å². The molecule has 0 fully saturated rings. The van der Waals surface area contributed by atoms with Crippen molar-refractivity contribution in [2.45, 2.75) is 19.5 Å². The molecule has 0 N–H and O–H groups in total. The Morgan fingerprint density at radius 3 is 2.80 bits per heavy atom. The van der Waals surface area contributed by atoms with Crippen LogP contribution in [0.1, 0.15) is 13.3 Å². The number of hydrogen-bond donors (Lipinski definition) is 0. The Morgan fingerprint density at radius 1 is 1.80 bits per heavy atom. The van der Waals surface area contributed by atoms with E-state index in [0.717, 1.165) is 0 Å². The summed E-state index contributed by atoms with van der Waals surface area (Å²) in [5.41, 5.74) is 0. The van der Waals surface area contributed by atoms with E-state index < -0.39 is 12.1 Å². The van der Waals surface area contributed by atoms with E-state index in [1.807, 2.05) is 22.6 Å². The Bertz CT molecular complexity index is 108. The zero-order valence-electron chi connectivity index (χ0n) is 5.77. The summed E-state index contributed by atoms with van der Waals surface area (Å²) in [6.45, 7) is 2.03. The number of hydrogen-bond acceptors (Lipinski definition) is 2. The van der Waals surface area contributed by atoms with Crippen LogP contribution in [0.15, 0.2) is 0 Å². The Kier molecular flexibility index (Phi) is 5.96. The molecule has 0 bridgehead atoms. The minimum Gasteiger partial charge on any atom is -0.466 e. The van der Waals surface area contributed by atoms with Crippen LogP contribution in [0.4, 0.5) is 4.39 Å². The molecule has 0 aliphatic heterocycles. The minimum absolute atomic E-state index is 0.114. The van der Waals surface area contributed by atoms with Crippen LogP contribution < -0.4 is 0 Å². The standard InChI is InChI=1S/C6H10FIO2/c1-2-10-6(9)3-5(7)4-8/h5H,2-4H2,1H3. The summed E-state index contributed by atoms with van der Waals surface area (Å²) >= 11 is 1.89. The lowest BCUT2D eigenvalue weighted by Gasteiger charge is -2.02. The fourth-order valence-corrected chi connectivity index (χ4v) is 0.767. The molecule has 4 heteroatoms. The topological polar surface area (TPSA) is 26.3 Å². The van der Waals surface area contributed by atoms with E-state index in [0.29, 0.717) is 11.0 Å². The van der Waals surface area contributed by atoms with Crippen LogP contribution in [0.2, 0.25) is 0 Å². The third-order valence-electron chi connectivity index (χ3n) is 0.861. The van der Waals surface area contributed by atoms with E-state index >= 15 is 0 Å². The molecule has 0 aromatic rings. The van der Waals surface area contributed by atoms with Gasteiger partial charge in [-0.3, -0.25) is 4.79 Å². The first-order chi connectivity index (χ1) is 4.70. The van der Waals surface area contributed by atoms with Gasteiger partial charge in [0.15, 0.2) is 0 Å². The van der Waals surface area contributed by atoms with Gasteiger partial charge in [0, 0.05) is 4.43 Å². The highest BCUT2D eigenvalue weighted by molar-refractivity contribution is 14.1. The average molecular weight is 260 g/mol. The van der Waals surface area contributed by atoms with E-state index in [2.05, 4.69) is 4.74 Å². The number of rotatable bonds is 4. The molecule has 1 atom stereocenters. The van der Waals surface area contributed by atoms with Crippen molar-refractivity contribution in [1.82, 2.24) is 0 Å². The van der Waals surface area contributed by atoms with Gasteiger partial charge in [-0.15, -0.1) is 0 Å². The van der Waals surface area contributed by atoms with Crippen molar-refractivity contribution in [2.24, 2.45) is 0 Å². The van der Waals surface area contributed by atoms with Gasteiger partial charge in [0.05, 0.1) is 13.0 Å². The van der Waals surface area contributed by atoms with Crippen molar-refractivity contribution in [2.75, 3.05) is 11.0 Å². The van der Waals surface area contributed by atoms with Gasteiger partial charge in [0.25, 0.3) is 0 Å². The molecule has 1 unspecified atom stereocenters. The maximum atomic E-state index is 12.4. The second-order valence-corrected chi connectivity index (χ2v) is 2.64. The van der Waals surface area contributed by atoms with Gasteiger partial charge in [0.2, 0.25) is 0 Å². The highest BCUT2D eigenvalue weighted by Gasteiger charge is 2.10. The van der Waals surface area contributed by atoms with Crippen LogP contribution in [-0.4, -0.2) is 23.2 Å². The zero-order chi connectivity index (χ0) is 7.98.